The molecule has 0 aliphatic heterocycles. The van der Waals surface area contributed by atoms with E-state index in [9.17, 15) is 0 Å². The van der Waals surface area contributed by atoms with Crippen molar-refractivity contribution in [3.8, 4) is 44.5 Å². The van der Waals surface area contributed by atoms with Crippen molar-refractivity contribution >= 4 is 53.9 Å². The van der Waals surface area contributed by atoms with Gasteiger partial charge in [0, 0.05) is 5.41 Å². The maximum atomic E-state index is 2.56. The first-order valence-electron chi connectivity index (χ1n) is 25.3. The van der Waals surface area contributed by atoms with Gasteiger partial charge in [-0.2, -0.15) is 0 Å². The van der Waals surface area contributed by atoms with Gasteiger partial charge in [0.25, 0.3) is 0 Å². The molecule has 0 bridgehead atoms. The van der Waals surface area contributed by atoms with Crippen molar-refractivity contribution in [2.24, 2.45) is 0 Å². The summed E-state index contributed by atoms with van der Waals surface area (Å²) in [5.74, 6) is 0. The molecule has 69 heavy (non-hydrogen) atoms. The van der Waals surface area contributed by atoms with E-state index in [1.165, 1.54) is 132 Å². The van der Waals surface area contributed by atoms with Gasteiger partial charge in [-0.05, 0) is 190 Å². The van der Waals surface area contributed by atoms with Crippen LogP contribution in [0.15, 0.2) is 158 Å². The van der Waals surface area contributed by atoms with Gasteiger partial charge in [0.1, 0.15) is 0 Å². The van der Waals surface area contributed by atoms with E-state index < -0.39 is 0 Å². The van der Waals surface area contributed by atoms with E-state index in [0.29, 0.717) is 0 Å². The molecule has 0 N–H and O–H groups in total. The summed E-state index contributed by atoms with van der Waals surface area (Å²) in [5, 5.41) is 12.9. The first-order chi connectivity index (χ1) is 32.5. The molecule has 0 nitrogen and oxygen atoms in total. The lowest BCUT2D eigenvalue weighted by molar-refractivity contribution is 0.589. The van der Waals surface area contributed by atoms with Crippen LogP contribution in [0.4, 0.5) is 0 Å². The minimum absolute atomic E-state index is 0.00248. The van der Waals surface area contributed by atoms with Gasteiger partial charge in [0.2, 0.25) is 0 Å². The van der Waals surface area contributed by atoms with E-state index in [-0.39, 0.29) is 27.1 Å². The van der Waals surface area contributed by atoms with Crippen molar-refractivity contribution in [1.82, 2.24) is 0 Å². The predicted octanol–water partition coefficient (Wildman–Crippen LogP) is 19.9. The Morgan fingerprint density at radius 3 is 1.25 bits per heavy atom. The molecule has 1 aliphatic carbocycles. The Morgan fingerprint density at radius 2 is 0.696 bits per heavy atom. The Labute approximate surface area is 411 Å². The molecule has 344 valence electrons. The van der Waals surface area contributed by atoms with Gasteiger partial charge in [0.05, 0.1) is 0 Å². The first kappa shape index (κ1) is 45.0. The standard InChI is InChI=1S/C69H68/c1-65(2,3)45-27-23-43-31-47(67(7,8)9)37-57(54(43)35-45)59-39-61-51-29-25-41(42-26-30-53-52-21-17-18-22-63(52)69(13,14)64(53)34-42)33-56(51)62(40-60(61)50-20-16-15-19-49(50)59)58-38-48(68(10,11)12)32-44-24-28-46(36-55(44)58)66(4,5)6/h15-40H,1-14H3. The fourth-order valence-corrected chi connectivity index (χ4v) is 11.5. The summed E-state index contributed by atoms with van der Waals surface area (Å²) < 4.78 is 0. The van der Waals surface area contributed by atoms with Crippen molar-refractivity contribution in [2.75, 3.05) is 0 Å². The smallest absolute Gasteiger partial charge is 0.0159 e. The van der Waals surface area contributed by atoms with Crippen LogP contribution in [-0.2, 0) is 27.1 Å². The molecule has 0 radical (unpaired) electrons. The molecular formula is C69H68. The predicted molar refractivity (Wildman–Crippen MR) is 303 cm³/mol. The quantitative estimate of drug-likeness (QED) is 0.155. The third-order valence-corrected chi connectivity index (χ3v) is 15.8. The molecule has 1 aliphatic rings. The summed E-state index contributed by atoms with van der Waals surface area (Å²) in [7, 11) is 0. The lowest BCUT2D eigenvalue weighted by Crippen LogP contribution is -2.14. The number of benzene rings is 10. The Morgan fingerprint density at radius 1 is 0.261 bits per heavy atom. The molecule has 0 unspecified atom stereocenters. The van der Waals surface area contributed by atoms with Crippen molar-refractivity contribution in [3.63, 3.8) is 0 Å². The zero-order chi connectivity index (χ0) is 48.7. The fourth-order valence-electron chi connectivity index (χ4n) is 11.5. The maximum absolute atomic E-state index is 2.56. The van der Waals surface area contributed by atoms with Crippen molar-refractivity contribution in [2.45, 2.75) is 124 Å². The van der Waals surface area contributed by atoms with E-state index >= 15 is 0 Å². The summed E-state index contributed by atoms with van der Waals surface area (Å²) in [6, 6.07) is 62.1. The highest BCUT2D eigenvalue weighted by molar-refractivity contribution is 6.26. The molecule has 0 saturated carbocycles. The fraction of sp³-hybridized carbons (Fsp3) is 0.275. The van der Waals surface area contributed by atoms with Crippen LogP contribution in [0.2, 0.25) is 0 Å². The Bertz CT molecular complexity index is 3760. The molecule has 10 aromatic carbocycles. The second kappa shape index (κ2) is 15.2. The molecule has 0 spiro atoms. The van der Waals surface area contributed by atoms with Crippen LogP contribution in [0.5, 0.6) is 0 Å². The molecule has 10 aromatic rings. The second-order valence-electron chi connectivity index (χ2n) is 25.1. The van der Waals surface area contributed by atoms with Crippen LogP contribution >= 0.6 is 0 Å². The van der Waals surface area contributed by atoms with Gasteiger partial charge >= 0.3 is 0 Å². The van der Waals surface area contributed by atoms with Gasteiger partial charge in [0.15, 0.2) is 0 Å². The number of hydrogen-bond donors (Lipinski definition) is 0. The lowest BCUT2D eigenvalue weighted by atomic mass is 9.79. The number of hydrogen-bond acceptors (Lipinski definition) is 0. The molecular weight excluding hydrogens is 829 g/mol. The van der Waals surface area contributed by atoms with Crippen molar-refractivity contribution < 1.29 is 0 Å². The van der Waals surface area contributed by atoms with Crippen molar-refractivity contribution in [1.29, 1.82) is 0 Å². The largest absolute Gasteiger partial charge is 0.0619 e. The molecule has 0 amide bonds. The molecule has 0 heterocycles. The minimum Gasteiger partial charge on any atom is -0.0619 e. The van der Waals surface area contributed by atoms with Crippen LogP contribution in [-0.4, -0.2) is 0 Å². The summed E-state index contributed by atoms with van der Waals surface area (Å²) in [6.07, 6.45) is 0. The van der Waals surface area contributed by atoms with Gasteiger partial charge in [-0.25, -0.2) is 0 Å². The summed E-state index contributed by atoms with van der Waals surface area (Å²) in [5.41, 5.74) is 18.4. The average molecular weight is 897 g/mol. The monoisotopic (exact) mass is 897 g/mol. The van der Waals surface area contributed by atoms with E-state index in [1.807, 2.05) is 0 Å². The molecule has 0 atom stereocenters. The topological polar surface area (TPSA) is 0 Å². The van der Waals surface area contributed by atoms with E-state index in [1.54, 1.807) is 0 Å². The van der Waals surface area contributed by atoms with Gasteiger partial charge in [-0.15, -0.1) is 0 Å². The highest BCUT2D eigenvalue weighted by Gasteiger charge is 2.35. The zero-order valence-electron chi connectivity index (χ0n) is 43.5. The Kier molecular flexibility index (Phi) is 9.94. The molecule has 0 heteroatoms. The van der Waals surface area contributed by atoms with Gasteiger partial charge < -0.3 is 0 Å². The van der Waals surface area contributed by atoms with Gasteiger partial charge in [-0.3, -0.25) is 0 Å². The molecule has 0 saturated heterocycles. The van der Waals surface area contributed by atoms with Crippen LogP contribution in [0.1, 0.15) is 130 Å². The van der Waals surface area contributed by atoms with Gasteiger partial charge in [-0.1, -0.05) is 218 Å². The zero-order valence-corrected chi connectivity index (χ0v) is 43.5. The summed E-state index contributed by atoms with van der Waals surface area (Å²) >= 11 is 0. The highest BCUT2D eigenvalue weighted by Crippen LogP contribution is 2.51. The number of rotatable bonds is 3. The van der Waals surface area contributed by atoms with E-state index in [4.69, 9.17) is 0 Å². The molecule has 0 aromatic heterocycles. The van der Waals surface area contributed by atoms with Crippen LogP contribution in [0, 0.1) is 0 Å². The van der Waals surface area contributed by atoms with Crippen LogP contribution in [0.25, 0.3) is 98.4 Å². The maximum Gasteiger partial charge on any atom is 0.0159 e. The Hall–Kier alpha value is -6.50. The highest BCUT2D eigenvalue weighted by atomic mass is 14.4. The second-order valence-corrected chi connectivity index (χ2v) is 25.1. The van der Waals surface area contributed by atoms with Crippen LogP contribution in [0.3, 0.4) is 0 Å². The molecule has 11 rings (SSSR count). The number of fused-ring (bicyclic) bond motifs is 10. The SMILES string of the molecule is CC(C)(C)c1cc(-c2cc3c4ccc(-c5ccc6c(c5)C(C)(C)c5ccccc5-6)cc4c(-c4cc(C(C)(C)C)cc5ccc(C(C)(C)C)cc45)cc3c3ccccc23)c2cc(C(C)(C)C)ccc2c1. The average Bonchev–Trinajstić information content (AvgIpc) is 3.53. The lowest BCUT2D eigenvalue weighted by Gasteiger charge is -2.25. The Balaban J connectivity index is 1.27. The third-order valence-electron chi connectivity index (χ3n) is 15.8. The van der Waals surface area contributed by atoms with Crippen molar-refractivity contribution in [3.05, 3.63) is 191 Å². The normalized spacial score (nSPS) is 14.1. The molecule has 0 fully saturated rings. The van der Waals surface area contributed by atoms with E-state index in [2.05, 4.69) is 255 Å². The summed E-state index contributed by atoms with van der Waals surface area (Å²) in [6.45, 7) is 32.8. The van der Waals surface area contributed by atoms with Crippen LogP contribution < -0.4 is 0 Å². The summed E-state index contributed by atoms with van der Waals surface area (Å²) in [4.78, 5) is 0. The van der Waals surface area contributed by atoms with E-state index in [0.717, 1.165) is 0 Å². The third kappa shape index (κ3) is 7.40. The first-order valence-corrected chi connectivity index (χ1v) is 25.3. The minimum atomic E-state index is -0.0865.